The van der Waals surface area contributed by atoms with Crippen molar-refractivity contribution < 1.29 is 19.4 Å². The van der Waals surface area contributed by atoms with Crippen molar-refractivity contribution >= 4 is 11.9 Å². The van der Waals surface area contributed by atoms with Crippen LogP contribution in [0.25, 0.3) is 0 Å². The minimum Gasteiger partial charge on any atom is -0.481 e. The zero-order valence-corrected chi connectivity index (χ0v) is 14.5. The Bertz CT molecular complexity index is 555. The van der Waals surface area contributed by atoms with Crippen LogP contribution in [-0.4, -0.2) is 30.1 Å². The fraction of sp³-hybridized carbons (Fsp3) is 0.579. The molecule has 0 saturated carbocycles. The highest BCUT2D eigenvalue weighted by molar-refractivity contribution is 5.80. The maximum Gasteiger partial charge on any atom is 0.308 e. The van der Waals surface area contributed by atoms with E-state index in [0.29, 0.717) is 13.0 Å². The molecule has 132 valence electrons. The Kier molecular flexibility index (Phi) is 6.79. The number of carboxylic acids is 1. The lowest BCUT2D eigenvalue weighted by Crippen LogP contribution is -2.40. The quantitative estimate of drug-likeness (QED) is 0.804. The van der Waals surface area contributed by atoms with Crippen molar-refractivity contribution in [2.45, 2.75) is 45.6 Å². The summed E-state index contributed by atoms with van der Waals surface area (Å²) in [5, 5.41) is 12.0. The molecule has 1 fully saturated rings. The van der Waals surface area contributed by atoms with Gasteiger partial charge >= 0.3 is 5.97 Å². The number of hydrogen-bond donors (Lipinski definition) is 2. The van der Waals surface area contributed by atoms with Gasteiger partial charge in [0, 0.05) is 13.2 Å². The number of nitrogens with one attached hydrogen (secondary N) is 1. The molecule has 3 unspecified atom stereocenters. The molecule has 0 aliphatic carbocycles. The Balaban J connectivity index is 2.02. The number of benzene rings is 1. The number of hydrogen-bond acceptors (Lipinski definition) is 3. The van der Waals surface area contributed by atoms with E-state index in [1.165, 1.54) is 5.56 Å². The van der Waals surface area contributed by atoms with Crippen LogP contribution in [0.1, 0.15) is 49.8 Å². The summed E-state index contributed by atoms with van der Waals surface area (Å²) in [7, 11) is 0. The Morgan fingerprint density at radius 2 is 2.04 bits per heavy atom. The molecule has 2 rings (SSSR count). The van der Waals surface area contributed by atoms with E-state index in [4.69, 9.17) is 4.74 Å². The lowest BCUT2D eigenvalue weighted by atomic mass is 9.88. The third-order valence-electron chi connectivity index (χ3n) is 4.57. The molecular formula is C19H27NO4. The van der Waals surface area contributed by atoms with Gasteiger partial charge in [-0.1, -0.05) is 43.2 Å². The summed E-state index contributed by atoms with van der Waals surface area (Å²) in [6.07, 6.45) is 2.70. The average Bonchev–Trinajstić information content (AvgIpc) is 2.58. The molecule has 5 heteroatoms. The van der Waals surface area contributed by atoms with Gasteiger partial charge in [-0.2, -0.15) is 0 Å². The predicted octanol–water partition coefficient (Wildman–Crippen LogP) is 3.08. The molecule has 3 atom stereocenters. The molecule has 1 heterocycles. The maximum atomic E-state index is 12.6. The molecule has 0 aromatic heterocycles. The summed E-state index contributed by atoms with van der Waals surface area (Å²) in [5.74, 6) is -1.76. The highest BCUT2D eigenvalue weighted by Crippen LogP contribution is 2.34. The van der Waals surface area contributed by atoms with Crippen LogP contribution in [0, 0.1) is 18.8 Å². The largest absolute Gasteiger partial charge is 0.481 e. The smallest absolute Gasteiger partial charge is 0.308 e. The zero-order valence-electron chi connectivity index (χ0n) is 14.5. The first-order valence-electron chi connectivity index (χ1n) is 8.71. The average molecular weight is 333 g/mol. The van der Waals surface area contributed by atoms with Crippen LogP contribution in [0.4, 0.5) is 0 Å². The number of aryl methyl sites for hydroxylation is 1. The van der Waals surface area contributed by atoms with E-state index < -0.39 is 11.9 Å². The van der Waals surface area contributed by atoms with Crippen LogP contribution < -0.4 is 5.32 Å². The highest BCUT2D eigenvalue weighted by Gasteiger charge is 2.33. The van der Waals surface area contributed by atoms with Crippen molar-refractivity contribution in [3.05, 3.63) is 35.4 Å². The summed E-state index contributed by atoms with van der Waals surface area (Å²) < 4.78 is 5.86. The highest BCUT2D eigenvalue weighted by atomic mass is 16.5. The topological polar surface area (TPSA) is 75.6 Å². The van der Waals surface area contributed by atoms with Crippen molar-refractivity contribution in [1.82, 2.24) is 5.32 Å². The van der Waals surface area contributed by atoms with Crippen molar-refractivity contribution in [3.63, 3.8) is 0 Å². The molecule has 1 aliphatic heterocycles. The van der Waals surface area contributed by atoms with Crippen LogP contribution in [0.5, 0.6) is 0 Å². The summed E-state index contributed by atoms with van der Waals surface area (Å²) in [4.78, 5) is 23.8. The zero-order chi connectivity index (χ0) is 17.5. The molecule has 24 heavy (non-hydrogen) atoms. The van der Waals surface area contributed by atoms with Gasteiger partial charge in [-0.15, -0.1) is 0 Å². The van der Waals surface area contributed by atoms with Crippen molar-refractivity contribution in [3.8, 4) is 0 Å². The number of carbonyl (C=O) groups is 2. The van der Waals surface area contributed by atoms with Gasteiger partial charge in [-0.25, -0.2) is 0 Å². The van der Waals surface area contributed by atoms with E-state index in [0.717, 1.165) is 24.8 Å². The monoisotopic (exact) mass is 333 g/mol. The van der Waals surface area contributed by atoms with Gasteiger partial charge in [-0.05, 0) is 31.7 Å². The van der Waals surface area contributed by atoms with Gasteiger partial charge < -0.3 is 15.2 Å². The first-order chi connectivity index (χ1) is 11.5. The summed E-state index contributed by atoms with van der Waals surface area (Å²) in [6.45, 7) is 4.80. The third kappa shape index (κ3) is 4.81. The van der Waals surface area contributed by atoms with Crippen molar-refractivity contribution in [2.75, 3.05) is 13.2 Å². The van der Waals surface area contributed by atoms with Crippen LogP contribution in [0.15, 0.2) is 24.3 Å². The van der Waals surface area contributed by atoms with Crippen LogP contribution in [0.2, 0.25) is 0 Å². The molecule has 1 aliphatic rings. The van der Waals surface area contributed by atoms with E-state index in [9.17, 15) is 14.7 Å². The van der Waals surface area contributed by atoms with E-state index in [1.54, 1.807) is 0 Å². The van der Waals surface area contributed by atoms with Crippen LogP contribution in [0.3, 0.4) is 0 Å². The van der Waals surface area contributed by atoms with Crippen molar-refractivity contribution in [1.29, 1.82) is 0 Å². The maximum absolute atomic E-state index is 12.6. The number of amides is 1. The second-order valence-electron chi connectivity index (χ2n) is 6.52. The van der Waals surface area contributed by atoms with E-state index in [-0.39, 0.29) is 24.5 Å². The molecule has 2 N–H and O–H groups in total. The fourth-order valence-corrected chi connectivity index (χ4v) is 3.15. The minimum atomic E-state index is -0.855. The van der Waals surface area contributed by atoms with E-state index >= 15 is 0 Å². The SMILES string of the molecule is CCCC(CNC(=O)C1CCCOC1c1ccc(C)cc1)C(=O)O. The van der Waals surface area contributed by atoms with Gasteiger partial charge in [0.1, 0.15) is 0 Å². The van der Waals surface area contributed by atoms with Gasteiger partial charge in [0.15, 0.2) is 0 Å². The summed E-state index contributed by atoms with van der Waals surface area (Å²) in [5.41, 5.74) is 2.17. The minimum absolute atomic E-state index is 0.109. The molecule has 1 saturated heterocycles. The summed E-state index contributed by atoms with van der Waals surface area (Å²) in [6, 6.07) is 8.04. The molecule has 1 aromatic rings. The number of ether oxygens (including phenoxy) is 1. The Hall–Kier alpha value is -1.88. The van der Waals surface area contributed by atoms with Crippen molar-refractivity contribution in [2.24, 2.45) is 11.8 Å². The van der Waals surface area contributed by atoms with E-state index in [2.05, 4.69) is 5.32 Å². The number of aliphatic carboxylic acids is 1. The summed E-state index contributed by atoms with van der Waals surface area (Å²) >= 11 is 0. The standard InChI is InChI=1S/C19H27NO4/c1-3-5-15(19(22)23)12-20-18(21)16-6-4-11-24-17(16)14-9-7-13(2)8-10-14/h7-10,15-17H,3-6,11-12H2,1-2H3,(H,20,21)(H,22,23). The van der Waals surface area contributed by atoms with Gasteiger partial charge in [0.25, 0.3) is 0 Å². The second-order valence-corrected chi connectivity index (χ2v) is 6.52. The number of carbonyl (C=O) groups excluding carboxylic acids is 1. The fourth-order valence-electron chi connectivity index (χ4n) is 3.15. The number of rotatable bonds is 7. The lowest BCUT2D eigenvalue weighted by Gasteiger charge is -2.31. The van der Waals surface area contributed by atoms with Gasteiger partial charge in [0.05, 0.1) is 17.9 Å². The first kappa shape index (κ1) is 18.5. The predicted molar refractivity (Wildman–Crippen MR) is 91.6 cm³/mol. The number of carboxylic acid groups (broad SMARTS) is 1. The molecule has 0 radical (unpaired) electrons. The molecule has 1 amide bonds. The normalized spacial score (nSPS) is 21.9. The Morgan fingerprint density at radius 3 is 2.67 bits per heavy atom. The third-order valence-corrected chi connectivity index (χ3v) is 4.57. The molecule has 0 bridgehead atoms. The molecule has 0 spiro atoms. The van der Waals surface area contributed by atoms with Gasteiger partial charge in [0.2, 0.25) is 5.91 Å². The second kappa shape index (κ2) is 8.83. The first-order valence-corrected chi connectivity index (χ1v) is 8.71. The lowest BCUT2D eigenvalue weighted by molar-refractivity contribution is -0.142. The Morgan fingerprint density at radius 1 is 1.33 bits per heavy atom. The van der Waals surface area contributed by atoms with Gasteiger partial charge in [-0.3, -0.25) is 9.59 Å². The van der Waals surface area contributed by atoms with Crippen LogP contribution in [-0.2, 0) is 14.3 Å². The Labute approximate surface area is 143 Å². The molecular weight excluding hydrogens is 306 g/mol. The molecule has 5 nitrogen and oxygen atoms in total. The molecule has 1 aromatic carbocycles. The van der Waals surface area contributed by atoms with Crippen LogP contribution >= 0.6 is 0 Å². The van der Waals surface area contributed by atoms with E-state index in [1.807, 2.05) is 38.1 Å².